The Bertz CT molecular complexity index is 1640. The Morgan fingerprint density at radius 1 is 0.360 bits per heavy atom. The highest BCUT2D eigenvalue weighted by molar-refractivity contribution is 5.56. The Morgan fingerprint density at radius 3 is 0.840 bits per heavy atom. The average molecular weight is 786 g/mol. The quantitative estimate of drug-likeness (QED) is 0.174. The third-order valence-corrected chi connectivity index (χ3v) is 9.00. The highest BCUT2D eigenvalue weighted by Crippen LogP contribution is 2.39. The first-order valence-electron chi connectivity index (χ1n) is 17.2. The summed E-state index contributed by atoms with van der Waals surface area (Å²) >= 11 is 0. The molecule has 0 N–H and O–H groups in total. The lowest BCUT2D eigenvalue weighted by atomic mass is 9.91. The van der Waals surface area contributed by atoms with Crippen LogP contribution in [0.2, 0.25) is 0 Å². The van der Waals surface area contributed by atoms with E-state index in [1.165, 1.54) is 0 Å². The van der Waals surface area contributed by atoms with Gasteiger partial charge in [0, 0.05) is 37.8 Å². The summed E-state index contributed by atoms with van der Waals surface area (Å²) in [6.07, 6.45) is 6.77. The average Bonchev–Trinajstić information content (AvgIpc) is 3.10. The molecule has 3 heterocycles. The van der Waals surface area contributed by atoms with Crippen molar-refractivity contribution < 1.29 is 57.0 Å². The first-order chi connectivity index (χ1) is 24.2. The van der Waals surface area contributed by atoms with Crippen molar-refractivity contribution in [2.75, 3.05) is 52.9 Å². The minimum Gasteiger partial charge on any atom is -1.00 e. The van der Waals surface area contributed by atoms with Gasteiger partial charge in [0.25, 0.3) is 0 Å². The molecule has 7 nitrogen and oxygen atoms in total. The van der Waals surface area contributed by atoms with Gasteiger partial charge in [0.2, 0.25) is 0 Å². The molecule has 50 heavy (non-hydrogen) atoms. The highest BCUT2D eigenvalue weighted by Gasteiger charge is 2.22. The molecule has 0 unspecified atom stereocenters. The molecule has 0 saturated carbocycles. The van der Waals surface area contributed by atoms with E-state index in [2.05, 4.69) is 72.8 Å². The van der Waals surface area contributed by atoms with E-state index in [0.717, 1.165) is 67.5 Å². The molecule has 260 valence electrons. The van der Waals surface area contributed by atoms with E-state index in [1.54, 1.807) is 0 Å². The molecular weight excluding hydrogens is 741 g/mol. The van der Waals surface area contributed by atoms with E-state index < -0.39 is 0 Å². The minimum atomic E-state index is 0. The summed E-state index contributed by atoms with van der Waals surface area (Å²) in [5, 5.41) is 0. The van der Waals surface area contributed by atoms with E-state index in [1.807, 2.05) is 42.2 Å². The van der Waals surface area contributed by atoms with Crippen LogP contribution in [0.4, 0.5) is 0 Å². The van der Waals surface area contributed by atoms with Gasteiger partial charge < -0.3 is 52.4 Å². The molecule has 8 heteroatoms. The van der Waals surface area contributed by atoms with Gasteiger partial charge >= 0.3 is 0 Å². The lowest BCUT2D eigenvalue weighted by Gasteiger charge is -2.24. The van der Waals surface area contributed by atoms with Crippen molar-refractivity contribution >= 4 is 0 Å². The van der Waals surface area contributed by atoms with Gasteiger partial charge in [-0.2, -0.15) is 0 Å². The van der Waals surface area contributed by atoms with Crippen LogP contribution < -0.4 is 47.5 Å². The lowest BCUT2D eigenvalue weighted by Crippen LogP contribution is -3.00. The third-order valence-electron chi connectivity index (χ3n) is 9.00. The van der Waals surface area contributed by atoms with Crippen LogP contribution in [0.15, 0.2) is 103 Å². The van der Waals surface area contributed by atoms with Crippen LogP contribution >= 0.6 is 0 Å². The highest BCUT2D eigenvalue weighted by atomic mass is 127. The Kier molecular flexibility index (Phi) is 12.6. The minimum absolute atomic E-state index is 0. The number of aromatic nitrogens is 1. The topological polar surface area (TPSA) is 59.3 Å². The molecule has 0 atom stereocenters. The number of hydrogen-bond acceptors (Lipinski definition) is 6. The van der Waals surface area contributed by atoms with Crippen LogP contribution in [0.3, 0.4) is 0 Å². The maximum absolute atomic E-state index is 6.49. The van der Waals surface area contributed by atoms with Crippen molar-refractivity contribution in [1.82, 2.24) is 0 Å². The van der Waals surface area contributed by atoms with Crippen LogP contribution in [-0.2, 0) is 42.2 Å². The summed E-state index contributed by atoms with van der Waals surface area (Å²) in [6.45, 7) is 3.94. The van der Waals surface area contributed by atoms with Crippen molar-refractivity contribution in [3.8, 4) is 23.0 Å². The second-order valence-electron chi connectivity index (χ2n) is 12.5. The zero-order valence-corrected chi connectivity index (χ0v) is 30.7. The predicted molar refractivity (Wildman–Crippen MR) is 188 cm³/mol. The zero-order valence-electron chi connectivity index (χ0n) is 28.6. The lowest BCUT2D eigenvalue weighted by molar-refractivity contribution is -0.671. The number of para-hydroxylation sites is 4. The monoisotopic (exact) mass is 785 g/mol. The first-order valence-corrected chi connectivity index (χ1v) is 17.2. The summed E-state index contributed by atoms with van der Waals surface area (Å²) in [5.41, 5.74) is 9.04. The Hall–Kier alpha value is -4.12. The van der Waals surface area contributed by atoms with Crippen LogP contribution in [0.25, 0.3) is 0 Å². The summed E-state index contributed by atoms with van der Waals surface area (Å²) in [5.74, 6) is 3.67. The van der Waals surface area contributed by atoms with Gasteiger partial charge in [-0.25, -0.2) is 4.57 Å². The van der Waals surface area contributed by atoms with Crippen LogP contribution in [-0.4, -0.2) is 52.9 Å². The summed E-state index contributed by atoms with van der Waals surface area (Å²) in [7, 11) is 2.00. The van der Waals surface area contributed by atoms with Crippen molar-refractivity contribution in [2.45, 2.75) is 25.7 Å². The maximum atomic E-state index is 6.49. The second kappa shape index (κ2) is 17.7. The molecule has 12 bridgehead atoms. The number of aryl methyl sites for hydroxylation is 1. The number of benzene rings is 4. The van der Waals surface area contributed by atoms with Gasteiger partial charge in [0.1, 0.15) is 56.5 Å². The molecule has 1 aliphatic carbocycles. The SMILES string of the molecule is C[n+]1ccccc1.[I-].c1cc2c3c(c1)Cc1cccc4c1OCCOCCOc1c(cccc1Cc1cccc(c1OCCOCCO3)C2)C4. The van der Waals surface area contributed by atoms with Crippen molar-refractivity contribution in [2.24, 2.45) is 7.05 Å². The van der Waals surface area contributed by atoms with Crippen LogP contribution in [0.1, 0.15) is 44.5 Å². The van der Waals surface area contributed by atoms with Gasteiger partial charge in [0.15, 0.2) is 12.4 Å². The van der Waals surface area contributed by atoms with E-state index >= 15 is 0 Å². The fourth-order valence-corrected chi connectivity index (χ4v) is 6.73. The molecule has 3 aliphatic rings. The number of pyridine rings is 1. The Balaban J connectivity index is 0.000000484. The summed E-state index contributed by atoms with van der Waals surface area (Å²) in [6, 6.07) is 31.8. The molecule has 0 saturated heterocycles. The molecular formula is C42H44INO6. The molecule has 5 aromatic rings. The summed E-state index contributed by atoms with van der Waals surface area (Å²) in [4.78, 5) is 0. The molecule has 8 rings (SSSR count). The van der Waals surface area contributed by atoms with Gasteiger partial charge in [0.05, 0.1) is 26.4 Å². The first kappa shape index (κ1) is 35.7. The van der Waals surface area contributed by atoms with Gasteiger partial charge in [-0.1, -0.05) is 78.9 Å². The Morgan fingerprint density at radius 2 is 0.620 bits per heavy atom. The summed E-state index contributed by atoms with van der Waals surface area (Å²) < 4.78 is 39.8. The Labute approximate surface area is 312 Å². The third kappa shape index (κ3) is 8.78. The fraction of sp³-hybridized carbons (Fsp3) is 0.310. The van der Waals surface area contributed by atoms with Crippen molar-refractivity contribution in [3.63, 3.8) is 0 Å². The normalized spacial score (nSPS) is 15.5. The van der Waals surface area contributed by atoms with Gasteiger partial charge in [-0.05, 0) is 44.5 Å². The van der Waals surface area contributed by atoms with Crippen LogP contribution in [0, 0.1) is 0 Å². The molecule has 1 aromatic heterocycles. The molecule has 0 radical (unpaired) electrons. The van der Waals surface area contributed by atoms with Gasteiger partial charge in [-0.15, -0.1) is 0 Å². The molecule has 0 amide bonds. The smallest absolute Gasteiger partial charge is 0.168 e. The van der Waals surface area contributed by atoms with Crippen LogP contribution in [0.5, 0.6) is 23.0 Å². The van der Waals surface area contributed by atoms with Crippen molar-refractivity contribution in [1.29, 1.82) is 0 Å². The van der Waals surface area contributed by atoms with E-state index in [-0.39, 0.29) is 24.0 Å². The van der Waals surface area contributed by atoms with Crippen molar-refractivity contribution in [3.05, 3.63) is 148 Å². The van der Waals surface area contributed by atoms with E-state index in [9.17, 15) is 0 Å². The predicted octanol–water partition coefficient (Wildman–Crippen LogP) is 3.45. The number of nitrogens with zero attached hydrogens (tertiary/aromatic N) is 1. The molecule has 0 fully saturated rings. The second-order valence-corrected chi connectivity index (χ2v) is 12.5. The van der Waals surface area contributed by atoms with E-state index in [0.29, 0.717) is 78.5 Å². The van der Waals surface area contributed by atoms with Gasteiger partial charge in [-0.3, -0.25) is 0 Å². The number of ether oxygens (including phenoxy) is 6. The number of rotatable bonds is 0. The fourth-order valence-electron chi connectivity index (χ4n) is 6.73. The largest absolute Gasteiger partial charge is 1.00 e. The number of halogens is 1. The zero-order chi connectivity index (χ0) is 33.3. The molecule has 2 aliphatic heterocycles. The molecule has 0 spiro atoms. The standard InChI is InChI=1S/C36H36O6.C6H8N.HI/c1-5-25-21-26-6-2-11-31-24-32-12-4-8-28-22-27-7-3-10-30(35(27)41-19-15-38-16-20-42-36(28)32)23-29(9-1)33(25)39-17-13-37-14-18-40-34(26)31;1-7-5-3-2-4-6-7;/h1-12H,13-24H2;2-6H,1H3;1H/q;+1;/p-1. The van der Waals surface area contributed by atoms with E-state index in [4.69, 9.17) is 28.4 Å². The maximum Gasteiger partial charge on any atom is 0.168 e. The number of hydrogen-bond donors (Lipinski definition) is 0. The molecule has 4 aromatic carbocycles.